The third-order valence-corrected chi connectivity index (χ3v) is 3.32. The molecule has 0 radical (unpaired) electrons. The highest BCUT2D eigenvalue weighted by molar-refractivity contribution is 7.89. The Labute approximate surface area is 103 Å². The highest BCUT2D eigenvalue weighted by Crippen LogP contribution is 2.16. The van der Waals surface area contributed by atoms with Gasteiger partial charge in [-0.15, -0.1) is 0 Å². The summed E-state index contributed by atoms with van der Waals surface area (Å²) in [6.07, 6.45) is 0. The van der Waals surface area contributed by atoms with Crippen molar-refractivity contribution in [3.63, 3.8) is 0 Å². The highest BCUT2D eigenvalue weighted by atomic mass is 32.2. The molecule has 1 aromatic rings. The molecular weight excluding hydrogens is 240 g/mol. The van der Waals surface area contributed by atoms with Gasteiger partial charge in [-0.1, -0.05) is 20.8 Å². The molecule has 0 saturated heterocycles. The van der Waals surface area contributed by atoms with Crippen molar-refractivity contribution in [3.8, 4) is 0 Å². The first kappa shape index (κ1) is 14.2. The fourth-order valence-electron chi connectivity index (χ4n) is 1.15. The van der Waals surface area contributed by atoms with Gasteiger partial charge < -0.3 is 9.73 Å². The number of nitrogens with one attached hydrogen (secondary N) is 2. The van der Waals surface area contributed by atoms with Crippen molar-refractivity contribution < 1.29 is 12.8 Å². The highest BCUT2D eigenvalue weighted by Gasteiger charge is 2.21. The van der Waals surface area contributed by atoms with E-state index in [1.807, 2.05) is 20.8 Å². The SMILES string of the molecule is CNCc1ccc(S(=O)(=O)NCC(C)(C)C)o1. The van der Waals surface area contributed by atoms with E-state index in [2.05, 4.69) is 10.0 Å². The molecule has 0 saturated carbocycles. The van der Waals surface area contributed by atoms with Crippen molar-refractivity contribution in [2.75, 3.05) is 13.6 Å². The van der Waals surface area contributed by atoms with E-state index < -0.39 is 10.0 Å². The first-order chi connectivity index (χ1) is 7.74. The summed E-state index contributed by atoms with van der Waals surface area (Å²) >= 11 is 0. The van der Waals surface area contributed by atoms with E-state index in [1.165, 1.54) is 6.07 Å². The Bertz CT molecular complexity index is 457. The zero-order valence-electron chi connectivity index (χ0n) is 10.7. The molecule has 5 nitrogen and oxygen atoms in total. The van der Waals surface area contributed by atoms with Crippen molar-refractivity contribution in [1.29, 1.82) is 0 Å². The summed E-state index contributed by atoms with van der Waals surface area (Å²) in [5, 5.41) is 2.86. The maximum absolute atomic E-state index is 11.9. The molecule has 98 valence electrons. The lowest BCUT2D eigenvalue weighted by molar-refractivity contribution is 0.387. The molecular formula is C11H20N2O3S. The molecule has 0 aromatic carbocycles. The van der Waals surface area contributed by atoms with Crippen molar-refractivity contribution in [3.05, 3.63) is 17.9 Å². The van der Waals surface area contributed by atoms with Crippen LogP contribution in [0.1, 0.15) is 26.5 Å². The fourth-order valence-corrected chi connectivity index (χ4v) is 2.38. The minimum atomic E-state index is -3.54. The summed E-state index contributed by atoms with van der Waals surface area (Å²) in [6, 6.07) is 3.12. The largest absolute Gasteiger partial charge is 0.447 e. The Hall–Kier alpha value is -0.850. The van der Waals surface area contributed by atoms with Gasteiger partial charge in [0.1, 0.15) is 5.76 Å². The molecule has 0 atom stereocenters. The second-order valence-electron chi connectivity index (χ2n) is 5.14. The quantitative estimate of drug-likeness (QED) is 0.837. The summed E-state index contributed by atoms with van der Waals surface area (Å²) in [6.45, 7) is 6.77. The van der Waals surface area contributed by atoms with Crippen LogP contribution >= 0.6 is 0 Å². The first-order valence-corrected chi connectivity index (χ1v) is 6.96. The number of rotatable bonds is 5. The van der Waals surface area contributed by atoms with Crippen LogP contribution in [-0.2, 0) is 16.6 Å². The molecule has 1 aromatic heterocycles. The average Bonchev–Trinajstić information content (AvgIpc) is 2.64. The van der Waals surface area contributed by atoms with Gasteiger partial charge in [-0.2, -0.15) is 0 Å². The lowest BCUT2D eigenvalue weighted by atomic mass is 9.98. The van der Waals surface area contributed by atoms with Crippen molar-refractivity contribution >= 4 is 10.0 Å². The van der Waals surface area contributed by atoms with Crippen LogP contribution in [0.2, 0.25) is 0 Å². The molecule has 2 N–H and O–H groups in total. The van der Waals surface area contributed by atoms with Gasteiger partial charge in [-0.05, 0) is 24.6 Å². The van der Waals surface area contributed by atoms with Gasteiger partial charge in [-0.25, -0.2) is 13.1 Å². The standard InChI is InChI=1S/C11H20N2O3S/c1-11(2,3)8-13-17(14,15)10-6-5-9(16-10)7-12-4/h5-6,12-13H,7-8H2,1-4H3. The molecule has 0 amide bonds. The van der Waals surface area contributed by atoms with Gasteiger partial charge in [0.15, 0.2) is 0 Å². The summed E-state index contributed by atoms with van der Waals surface area (Å²) in [5.74, 6) is 0.601. The Morgan fingerprint density at radius 1 is 1.29 bits per heavy atom. The minimum Gasteiger partial charge on any atom is -0.447 e. The van der Waals surface area contributed by atoms with Gasteiger partial charge in [0, 0.05) is 6.54 Å². The van der Waals surface area contributed by atoms with Gasteiger partial charge in [0.05, 0.1) is 6.54 Å². The summed E-state index contributed by atoms with van der Waals surface area (Å²) in [7, 11) is -1.76. The number of furan rings is 1. The number of hydrogen-bond acceptors (Lipinski definition) is 4. The Kier molecular flexibility index (Phi) is 4.35. The smallest absolute Gasteiger partial charge is 0.273 e. The van der Waals surface area contributed by atoms with Crippen LogP contribution in [0.15, 0.2) is 21.6 Å². The molecule has 0 aliphatic carbocycles. The molecule has 1 rings (SSSR count). The minimum absolute atomic E-state index is 0.0352. The van der Waals surface area contributed by atoms with Gasteiger partial charge >= 0.3 is 0 Å². The lowest BCUT2D eigenvalue weighted by Gasteiger charge is -2.17. The molecule has 0 fully saturated rings. The van der Waals surface area contributed by atoms with E-state index in [0.717, 1.165) is 0 Å². The van der Waals surface area contributed by atoms with Gasteiger partial charge in [0.25, 0.3) is 10.0 Å². The Morgan fingerprint density at radius 3 is 2.47 bits per heavy atom. The van der Waals surface area contributed by atoms with Crippen LogP contribution in [0, 0.1) is 5.41 Å². The molecule has 1 heterocycles. The van der Waals surface area contributed by atoms with Gasteiger partial charge in [-0.3, -0.25) is 0 Å². The predicted molar refractivity (Wildman–Crippen MR) is 66.1 cm³/mol. The van der Waals surface area contributed by atoms with E-state index in [4.69, 9.17) is 4.42 Å². The topological polar surface area (TPSA) is 71.3 Å². The molecule has 17 heavy (non-hydrogen) atoms. The normalized spacial score (nSPS) is 12.9. The van der Waals surface area contributed by atoms with Crippen molar-refractivity contribution in [2.24, 2.45) is 5.41 Å². The van der Waals surface area contributed by atoms with E-state index in [-0.39, 0.29) is 10.5 Å². The maximum Gasteiger partial charge on any atom is 0.273 e. The fraction of sp³-hybridized carbons (Fsp3) is 0.636. The molecule has 6 heteroatoms. The second-order valence-corrected chi connectivity index (χ2v) is 6.83. The van der Waals surface area contributed by atoms with Gasteiger partial charge in [0.2, 0.25) is 5.09 Å². The monoisotopic (exact) mass is 260 g/mol. The van der Waals surface area contributed by atoms with Crippen LogP contribution in [0.5, 0.6) is 0 Å². The predicted octanol–water partition coefficient (Wildman–Crippen LogP) is 1.32. The number of sulfonamides is 1. The van der Waals surface area contributed by atoms with E-state index >= 15 is 0 Å². The molecule has 0 aliphatic rings. The van der Waals surface area contributed by atoms with E-state index in [1.54, 1.807) is 13.1 Å². The van der Waals surface area contributed by atoms with Crippen LogP contribution in [0.3, 0.4) is 0 Å². The molecule has 0 spiro atoms. The summed E-state index contributed by atoms with van der Waals surface area (Å²) in [4.78, 5) is 0. The van der Waals surface area contributed by atoms with Crippen LogP contribution in [0.4, 0.5) is 0 Å². The second kappa shape index (κ2) is 5.20. The molecule has 0 aliphatic heterocycles. The Morgan fingerprint density at radius 2 is 1.94 bits per heavy atom. The summed E-state index contributed by atoms with van der Waals surface area (Å²) < 4.78 is 31.5. The third kappa shape index (κ3) is 4.49. The summed E-state index contributed by atoms with van der Waals surface area (Å²) in [5.41, 5.74) is -0.104. The zero-order chi connectivity index (χ0) is 13.1. The molecule has 0 bridgehead atoms. The van der Waals surface area contributed by atoms with Crippen molar-refractivity contribution in [1.82, 2.24) is 10.0 Å². The van der Waals surface area contributed by atoms with Crippen LogP contribution < -0.4 is 10.0 Å². The lowest BCUT2D eigenvalue weighted by Crippen LogP contribution is -2.32. The number of hydrogen-bond donors (Lipinski definition) is 2. The Balaban J connectivity index is 2.75. The van der Waals surface area contributed by atoms with E-state index in [0.29, 0.717) is 18.8 Å². The van der Waals surface area contributed by atoms with Crippen LogP contribution in [0.25, 0.3) is 0 Å². The average molecular weight is 260 g/mol. The zero-order valence-corrected chi connectivity index (χ0v) is 11.5. The van der Waals surface area contributed by atoms with Crippen molar-refractivity contribution in [2.45, 2.75) is 32.4 Å². The maximum atomic E-state index is 11.9. The first-order valence-electron chi connectivity index (χ1n) is 5.47. The van der Waals surface area contributed by atoms with Crippen LogP contribution in [-0.4, -0.2) is 22.0 Å². The van der Waals surface area contributed by atoms with E-state index in [9.17, 15) is 8.42 Å². The third-order valence-electron chi connectivity index (χ3n) is 2.05. The molecule has 0 unspecified atom stereocenters.